The minimum absolute atomic E-state index is 0.235. The number of rotatable bonds is 8. The van der Waals surface area contributed by atoms with Crippen LogP contribution < -0.4 is 14.8 Å². The second-order valence-corrected chi connectivity index (χ2v) is 9.47. The van der Waals surface area contributed by atoms with Crippen LogP contribution in [0.2, 0.25) is 10.0 Å². The molecule has 3 amide bonds. The average Bonchev–Trinajstić information content (AvgIpc) is 3.12. The first-order valence-electron chi connectivity index (χ1n) is 10.7. The third-order valence-electron chi connectivity index (χ3n) is 5.14. The molecule has 1 saturated heterocycles. The van der Waals surface area contributed by atoms with Gasteiger partial charge in [-0.15, -0.1) is 0 Å². The Morgan fingerprint density at radius 3 is 2.36 bits per heavy atom. The van der Waals surface area contributed by atoms with E-state index in [1.807, 2.05) is 0 Å². The molecule has 1 aliphatic heterocycles. The number of anilines is 1. The fraction of sp³-hybridized carbons (Fsp3) is 0.115. The van der Waals surface area contributed by atoms with E-state index < -0.39 is 17.1 Å². The summed E-state index contributed by atoms with van der Waals surface area (Å²) in [6, 6.07) is 19.0. The maximum Gasteiger partial charge on any atom is 0.294 e. The van der Waals surface area contributed by atoms with Gasteiger partial charge in [0.2, 0.25) is 5.91 Å². The molecule has 4 rings (SSSR count). The second kappa shape index (κ2) is 11.5. The Labute approximate surface area is 222 Å². The third-order valence-corrected chi connectivity index (χ3v) is 6.63. The molecule has 1 heterocycles. The summed E-state index contributed by atoms with van der Waals surface area (Å²) in [6.07, 6.45) is 1.60. The van der Waals surface area contributed by atoms with E-state index in [9.17, 15) is 14.4 Å². The lowest BCUT2D eigenvalue weighted by Gasteiger charge is -2.12. The van der Waals surface area contributed by atoms with Crippen LogP contribution in [0.1, 0.15) is 11.1 Å². The standard InChI is InChI=1S/C26H20Cl2N2O5S/c1-34-20-10-6-19(7-11-20)29-24(31)14-30-25(32)23(36-26(30)33)12-16-2-8-21(9-3-16)35-15-17-4-5-18(27)13-22(17)28/h2-13H,14-15H2,1H3,(H,29,31)/b23-12+. The number of amides is 3. The van der Waals surface area contributed by atoms with E-state index in [0.29, 0.717) is 32.8 Å². The molecular formula is C26H20Cl2N2O5S. The smallest absolute Gasteiger partial charge is 0.294 e. The van der Waals surface area contributed by atoms with Crippen LogP contribution in [-0.4, -0.2) is 35.6 Å². The predicted octanol–water partition coefficient (Wildman–Crippen LogP) is 6.26. The van der Waals surface area contributed by atoms with Crippen molar-refractivity contribution in [1.82, 2.24) is 4.90 Å². The van der Waals surface area contributed by atoms with Crippen LogP contribution >= 0.6 is 35.0 Å². The number of hydrogen-bond acceptors (Lipinski definition) is 6. The highest BCUT2D eigenvalue weighted by atomic mass is 35.5. The molecule has 3 aromatic carbocycles. The van der Waals surface area contributed by atoms with E-state index >= 15 is 0 Å². The number of hydrogen-bond donors (Lipinski definition) is 1. The molecule has 0 radical (unpaired) electrons. The minimum Gasteiger partial charge on any atom is -0.497 e. The van der Waals surface area contributed by atoms with Crippen molar-refractivity contribution >= 4 is 63.8 Å². The van der Waals surface area contributed by atoms with Gasteiger partial charge < -0.3 is 14.8 Å². The number of benzene rings is 3. The SMILES string of the molecule is COc1ccc(NC(=O)CN2C(=O)S/C(=C/c3ccc(OCc4ccc(Cl)cc4Cl)cc3)C2=O)cc1. The van der Waals surface area contributed by atoms with Crippen LogP contribution in [0.3, 0.4) is 0 Å². The number of ether oxygens (including phenoxy) is 2. The Hall–Kier alpha value is -3.46. The van der Waals surface area contributed by atoms with Crippen molar-refractivity contribution in [3.8, 4) is 11.5 Å². The Balaban J connectivity index is 1.35. The van der Waals surface area contributed by atoms with Gasteiger partial charge in [0.25, 0.3) is 11.1 Å². The first-order valence-corrected chi connectivity index (χ1v) is 12.3. The first kappa shape index (κ1) is 25.6. The highest BCUT2D eigenvalue weighted by Gasteiger charge is 2.36. The molecule has 3 aromatic rings. The normalized spacial score (nSPS) is 14.3. The van der Waals surface area contributed by atoms with Gasteiger partial charge in [-0.25, -0.2) is 0 Å². The number of nitrogens with zero attached hydrogens (tertiary/aromatic N) is 1. The molecule has 0 saturated carbocycles. The maximum absolute atomic E-state index is 12.7. The Morgan fingerprint density at radius 1 is 1.00 bits per heavy atom. The summed E-state index contributed by atoms with van der Waals surface area (Å²) in [5.74, 6) is 0.259. The van der Waals surface area contributed by atoms with Crippen LogP contribution in [0.5, 0.6) is 11.5 Å². The van der Waals surface area contributed by atoms with E-state index in [0.717, 1.165) is 22.2 Å². The van der Waals surface area contributed by atoms with E-state index in [1.165, 1.54) is 0 Å². The van der Waals surface area contributed by atoms with Gasteiger partial charge in [0.05, 0.1) is 12.0 Å². The predicted molar refractivity (Wildman–Crippen MR) is 142 cm³/mol. The summed E-state index contributed by atoms with van der Waals surface area (Å²) in [5.41, 5.74) is 2.04. The van der Waals surface area contributed by atoms with E-state index in [-0.39, 0.29) is 18.1 Å². The van der Waals surface area contributed by atoms with E-state index in [1.54, 1.807) is 79.9 Å². The topological polar surface area (TPSA) is 84.9 Å². The second-order valence-electron chi connectivity index (χ2n) is 7.64. The van der Waals surface area contributed by atoms with Crippen LogP contribution in [0.15, 0.2) is 71.6 Å². The summed E-state index contributed by atoms with van der Waals surface area (Å²) in [7, 11) is 1.54. The number of thioether (sulfide) groups is 1. The molecule has 184 valence electrons. The van der Waals surface area contributed by atoms with Crippen LogP contribution in [-0.2, 0) is 16.2 Å². The number of imide groups is 1. The van der Waals surface area contributed by atoms with Crippen molar-refractivity contribution in [2.24, 2.45) is 0 Å². The van der Waals surface area contributed by atoms with Crippen LogP contribution in [0.25, 0.3) is 6.08 Å². The van der Waals surface area contributed by atoms with Crippen molar-refractivity contribution in [1.29, 1.82) is 0 Å². The number of halogens is 2. The van der Waals surface area contributed by atoms with Gasteiger partial charge in [-0.1, -0.05) is 41.4 Å². The zero-order chi connectivity index (χ0) is 25.7. The average molecular weight is 543 g/mol. The lowest BCUT2D eigenvalue weighted by Crippen LogP contribution is -2.36. The summed E-state index contributed by atoms with van der Waals surface area (Å²) >= 11 is 12.9. The number of carbonyl (C=O) groups is 3. The van der Waals surface area contributed by atoms with Gasteiger partial charge in [0.15, 0.2) is 0 Å². The highest BCUT2D eigenvalue weighted by molar-refractivity contribution is 8.18. The van der Waals surface area contributed by atoms with Crippen molar-refractivity contribution in [3.05, 3.63) is 92.8 Å². The first-order chi connectivity index (χ1) is 17.3. The monoisotopic (exact) mass is 542 g/mol. The molecule has 10 heteroatoms. The fourth-order valence-corrected chi connectivity index (χ4v) is 4.57. The van der Waals surface area contributed by atoms with Crippen molar-refractivity contribution < 1.29 is 23.9 Å². The molecule has 0 aromatic heterocycles. The summed E-state index contributed by atoms with van der Waals surface area (Å²) in [4.78, 5) is 38.6. The molecule has 1 fully saturated rings. The molecule has 1 N–H and O–H groups in total. The van der Waals surface area contributed by atoms with Gasteiger partial charge in [0, 0.05) is 21.3 Å². The highest BCUT2D eigenvalue weighted by Crippen LogP contribution is 2.32. The van der Waals surface area contributed by atoms with E-state index in [2.05, 4.69) is 5.32 Å². The van der Waals surface area contributed by atoms with Crippen molar-refractivity contribution in [3.63, 3.8) is 0 Å². The molecule has 0 unspecified atom stereocenters. The molecular weight excluding hydrogens is 523 g/mol. The van der Waals surface area contributed by atoms with Crippen molar-refractivity contribution in [2.75, 3.05) is 19.0 Å². The zero-order valence-corrected chi connectivity index (χ0v) is 21.3. The molecule has 0 aliphatic carbocycles. The fourth-order valence-electron chi connectivity index (χ4n) is 3.27. The Bertz CT molecular complexity index is 1330. The Kier molecular flexibility index (Phi) is 8.20. The van der Waals surface area contributed by atoms with Gasteiger partial charge in [-0.3, -0.25) is 19.3 Å². The molecule has 0 bridgehead atoms. The Morgan fingerprint density at radius 2 is 1.69 bits per heavy atom. The molecule has 0 spiro atoms. The maximum atomic E-state index is 12.7. The van der Waals surface area contributed by atoms with Gasteiger partial charge in [-0.2, -0.15) is 0 Å². The zero-order valence-electron chi connectivity index (χ0n) is 19.0. The quantitative estimate of drug-likeness (QED) is 0.338. The summed E-state index contributed by atoms with van der Waals surface area (Å²) < 4.78 is 10.8. The molecule has 1 aliphatic rings. The van der Waals surface area contributed by atoms with Crippen LogP contribution in [0, 0.1) is 0 Å². The molecule has 0 atom stereocenters. The van der Waals surface area contributed by atoms with Gasteiger partial charge in [-0.05, 0) is 71.9 Å². The number of carbonyl (C=O) groups excluding carboxylic acids is 3. The minimum atomic E-state index is -0.521. The summed E-state index contributed by atoms with van der Waals surface area (Å²) in [6.45, 7) is -0.110. The summed E-state index contributed by atoms with van der Waals surface area (Å²) in [5, 5.41) is 3.23. The lowest BCUT2D eigenvalue weighted by atomic mass is 10.2. The van der Waals surface area contributed by atoms with Crippen LogP contribution in [0.4, 0.5) is 10.5 Å². The van der Waals surface area contributed by atoms with Gasteiger partial charge >= 0.3 is 0 Å². The van der Waals surface area contributed by atoms with Gasteiger partial charge in [0.1, 0.15) is 24.7 Å². The van der Waals surface area contributed by atoms with E-state index in [4.69, 9.17) is 32.7 Å². The van der Waals surface area contributed by atoms with Crippen molar-refractivity contribution in [2.45, 2.75) is 6.61 Å². The number of methoxy groups -OCH3 is 1. The largest absolute Gasteiger partial charge is 0.497 e. The number of nitrogens with one attached hydrogen (secondary N) is 1. The molecule has 36 heavy (non-hydrogen) atoms. The lowest BCUT2D eigenvalue weighted by molar-refractivity contribution is -0.127. The third kappa shape index (κ3) is 6.40. The molecule has 7 nitrogen and oxygen atoms in total.